The standard InChI is InChI=1S/C17H17N3O3/c21-16-18-11-4-12-20(16)14-9-7-13(8-10-14)19-17(22)23-15-5-2-1-3-6-15/h1-3,5-10H,4,11-12H2,(H,18,21)(H,19,22). The summed E-state index contributed by atoms with van der Waals surface area (Å²) < 4.78 is 5.16. The monoisotopic (exact) mass is 311 g/mol. The van der Waals surface area contributed by atoms with Crippen molar-refractivity contribution in [3.8, 4) is 5.75 Å². The third-order valence-electron chi connectivity index (χ3n) is 3.46. The maximum atomic E-state index is 11.8. The van der Waals surface area contributed by atoms with Crippen molar-refractivity contribution in [1.29, 1.82) is 0 Å². The number of hydrogen-bond acceptors (Lipinski definition) is 3. The van der Waals surface area contributed by atoms with Gasteiger partial charge in [0.2, 0.25) is 0 Å². The van der Waals surface area contributed by atoms with Crippen molar-refractivity contribution in [2.75, 3.05) is 23.3 Å². The number of anilines is 2. The predicted octanol–water partition coefficient (Wildman–Crippen LogP) is 3.22. The number of nitrogens with one attached hydrogen (secondary N) is 2. The Hall–Kier alpha value is -3.02. The van der Waals surface area contributed by atoms with Crippen LogP contribution in [0.2, 0.25) is 0 Å². The van der Waals surface area contributed by atoms with Crippen molar-refractivity contribution in [3.63, 3.8) is 0 Å². The van der Waals surface area contributed by atoms with Gasteiger partial charge in [0.25, 0.3) is 0 Å². The van der Waals surface area contributed by atoms with Crippen molar-refractivity contribution in [3.05, 3.63) is 54.6 Å². The van der Waals surface area contributed by atoms with E-state index in [1.807, 2.05) is 6.07 Å². The van der Waals surface area contributed by atoms with Gasteiger partial charge in [-0.2, -0.15) is 0 Å². The van der Waals surface area contributed by atoms with Crippen molar-refractivity contribution in [2.45, 2.75) is 6.42 Å². The van der Waals surface area contributed by atoms with Crippen molar-refractivity contribution in [1.82, 2.24) is 5.32 Å². The summed E-state index contributed by atoms with van der Waals surface area (Å²) >= 11 is 0. The molecule has 1 heterocycles. The largest absolute Gasteiger partial charge is 0.417 e. The smallest absolute Gasteiger partial charge is 0.410 e. The van der Waals surface area contributed by atoms with Gasteiger partial charge in [0.1, 0.15) is 5.75 Å². The molecule has 6 nitrogen and oxygen atoms in total. The molecule has 0 radical (unpaired) electrons. The minimum absolute atomic E-state index is 0.0968. The number of urea groups is 1. The number of ether oxygens (including phenoxy) is 1. The van der Waals surface area contributed by atoms with E-state index in [4.69, 9.17) is 4.74 Å². The highest BCUT2D eigenvalue weighted by Gasteiger charge is 2.18. The van der Waals surface area contributed by atoms with Crippen molar-refractivity contribution >= 4 is 23.5 Å². The number of rotatable bonds is 3. The van der Waals surface area contributed by atoms with E-state index in [0.29, 0.717) is 24.5 Å². The molecule has 2 N–H and O–H groups in total. The number of carbonyl (C=O) groups is 2. The summed E-state index contributed by atoms with van der Waals surface area (Å²) in [5, 5.41) is 5.45. The van der Waals surface area contributed by atoms with E-state index in [2.05, 4.69) is 10.6 Å². The number of hydrogen-bond donors (Lipinski definition) is 2. The van der Waals surface area contributed by atoms with E-state index in [1.165, 1.54) is 0 Å². The molecule has 3 rings (SSSR count). The Bertz CT molecular complexity index is 686. The van der Waals surface area contributed by atoms with Gasteiger partial charge >= 0.3 is 12.1 Å². The minimum atomic E-state index is -0.556. The fraction of sp³-hybridized carbons (Fsp3) is 0.176. The third kappa shape index (κ3) is 3.79. The second kappa shape index (κ2) is 6.83. The van der Waals surface area contributed by atoms with Gasteiger partial charge in [-0.1, -0.05) is 18.2 Å². The lowest BCUT2D eigenvalue weighted by atomic mass is 10.2. The zero-order valence-electron chi connectivity index (χ0n) is 12.5. The number of benzene rings is 2. The van der Waals surface area contributed by atoms with Crippen molar-refractivity contribution < 1.29 is 14.3 Å². The lowest BCUT2D eigenvalue weighted by Gasteiger charge is -2.27. The van der Waals surface area contributed by atoms with E-state index in [0.717, 1.165) is 12.1 Å². The molecule has 0 atom stereocenters. The molecular weight excluding hydrogens is 294 g/mol. The number of amides is 3. The van der Waals surface area contributed by atoms with Crippen molar-refractivity contribution in [2.24, 2.45) is 0 Å². The van der Waals surface area contributed by atoms with Gasteiger partial charge in [0.15, 0.2) is 0 Å². The highest BCUT2D eigenvalue weighted by molar-refractivity contribution is 5.93. The minimum Gasteiger partial charge on any atom is -0.410 e. The Balaban J connectivity index is 1.61. The Morgan fingerprint density at radius 1 is 1.09 bits per heavy atom. The third-order valence-corrected chi connectivity index (χ3v) is 3.46. The molecule has 0 saturated carbocycles. The Kier molecular flexibility index (Phi) is 4.42. The lowest BCUT2D eigenvalue weighted by molar-refractivity contribution is 0.215. The first kappa shape index (κ1) is 14.9. The fourth-order valence-corrected chi connectivity index (χ4v) is 2.34. The molecule has 0 aliphatic carbocycles. The maximum Gasteiger partial charge on any atom is 0.417 e. The zero-order valence-corrected chi connectivity index (χ0v) is 12.5. The molecule has 1 aliphatic rings. The molecule has 118 valence electrons. The maximum absolute atomic E-state index is 11.8. The average molecular weight is 311 g/mol. The lowest BCUT2D eigenvalue weighted by Crippen LogP contribution is -2.46. The van der Waals surface area contributed by atoms with Gasteiger partial charge in [-0.3, -0.25) is 10.2 Å². The molecule has 0 spiro atoms. The molecule has 3 amide bonds. The van der Waals surface area contributed by atoms with E-state index in [1.54, 1.807) is 53.4 Å². The number of para-hydroxylation sites is 1. The molecule has 1 saturated heterocycles. The van der Waals surface area contributed by atoms with Crippen LogP contribution < -0.4 is 20.3 Å². The van der Waals surface area contributed by atoms with Crippen LogP contribution in [0.5, 0.6) is 5.75 Å². The van der Waals surface area contributed by atoms with Crippen LogP contribution in [-0.2, 0) is 0 Å². The van der Waals surface area contributed by atoms with Crippen LogP contribution in [-0.4, -0.2) is 25.2 Å². The summed E-state index contributed by atoms with van der Waals surface area (Å²) in [6, 6.07) is 15.8. The predicted molar refractivity (Wildman–Crippen MR) is 87.9 cm³/mol. The molecule has 1 aliphatic heterocycles. The Labute approximate surface area is 134 Å². The first-order chi connectivity index (χ1) is 11.2. The van der Waals surface area contributed by atoms with Gasteiger partial charge in [0, 0.05) is 24.5 Å². The quantitative estimate of drug-likeness (QED) is 0.914. The van der Waals surface area contributed by atoms with Gasteiger partial charge in [0.05, 0.1) is 0 Å². The molecule has 0 unspecified atom stereocenters. The Morgan fingerprint density at radius 2 is 1.83 bits per heavy atom. The van der Waals surface area contributed by atoms with E-state index < -0.39 is 6.09 Å². The average Bonchev–Trinajstić information content (AvgIpc) is 2.57. The number of nitrogens with zero attached hydrogens (tertiary/aromatic N) is 1. The van der Waals surface area contributed by atoms with Crippen LogP contribution in [0.25, 0.3) is 0 Å². The first-order valence-corrected chi connectivity index (χ1v) is 7.42. The molecule has 2 aromatic carbocycles. The van der Waals surface area contributed by atoms with E-state index >= 15 is 0 Å². The van der Waals surface area contributed by atoms with Gasteiger partial charge in [-0.15, -0.1) is 0 Å². The normalized spacial score (nSPS) is 14.1. The van der Waals surface area contributed by atoms with Gasteiger partial charge in [-0.25, -0.2) is 9.59 Å². The fourth-order valence-electron chi connectivity index (χ4n) is 2.34. The van der Waals surface area contributed by atoms with E-state index in [-0.39, 0.29) is 6.03 Å². The summed E-state index contributed by atoms with van der Waals surface area (Å²) in [4.78, 5) is 25.3. The second-order valence-corrected chi connectivity index (χ2v) is 5.11. The second-order valence-electron chi connectivity index (χ2n) is 5.11. The summed E-state index contributed by atoms with van der Waals surface area (Å²) in [5.74, 6) is 0.478. The van der Waals surface area contributed by atoms with Crippen LogP contribution in [0.15, 0.2) is 54.6 Å². The molecule has 23 heavy (non-hydrogen) atoms. The molecule has 1 fully saturated rings. The van der Waals surface area contributed by atoms with E-state index in [9.17, 15) is 9.59 Å². The molecule has 0 bridgehead atoms. The molecule has 0 aromatic heterocycles. The van der Waals surface area contributed by atoms with Crippen LogP contribution in [0.3, 0.4) is 0 Å². The van der Waals surface area contributed by atoms with Gasteiger partial charge < -0.3 is 10.1 Å². The SMILES string of the molecule is O=C(Nc1ccc(N2CCCNC2=O)cc1)Oc1ccccc1. The van der Waals surface area contributed by atoms with Crippen LogP contribution in [0.1, 0.15) is 6.42 Å². The summed E-state index contributed by atoms with van der Waals surface area (Å²) in [6.45, 7) is 1.40. The molecule has 6 heteroatoms. The summed E-state index contributed by atoms with van der Waals surface area (Å²) in [5.41, 5.74) is 1.40. The highest BCUT2D eigenvalue weighted by atomic mass is 16.6. The first-order valence-electron chi connectivity index (χ1n) is 7.42. The van der Waals surface area contributed by atoms with Gasteiger partial charge in [-0.05, 0) is 42.8 Å². The Morgan fingerprint density at radius 3 is 2.52 bits per heavy atom. The summed E-state index contributed by atoms with van der Waals surface area (Å²) in [7, 11) is 0. The summed E-state index contributed by atoms with van der Waals surface area (Å²) in [6.07, 6.45) is 0.356. The topological polar surface area (TPSA) is 70.7 Å². The molecular formula is C17H17N3O3. The van der Waals surface area contributed by atoms with Crippen LogP contribution in [0.4, 0.5) is 21.0 Å². The number of carbonyl (C=O) groups excluding carboxylic acids is 2. The van der Waals surface area contributed by atoms with Crippen LogP contribution in [0, 0.1) is 0 Å². The highest BCUT2D eigenvalue weighted by Crippen LogP contribution is 2.20. The zero-order chi connectivity index (χ0) is 16.1. The van der Waals surface area contributed by atoms with Crippen LogP contribution >= 0.6 is 0 Å². The molecule has 2 aromatic rings.